The molecule has 82 valence electrons. The van der Waals surface area contributed by atoms with Gasteiger partial charge in [0.25, 0.3) is 0 Å². The van der Waals surface area contributed by atoms with Gasteiger partial charge in [0.2, 0.25) is 0 Å². The van der Waals surface area contributed by atoms with Crippen molar-refractivity contribution in [2.45, 2.75) is 58.3 Å². The summed E-state index contributed by atoms with van der Waals surface area (Å²) in [6.45, 7) is 6.86. The van der Waals surface area contributed by atoms with E-state index in [4.69, 9.17) is 0 Å². The Kier molecular flexibility index (Phi) is 3.13. The zero-order valence-corrected chi connectivity index (χ0v) is 13.4. The third-order valence-electron chi connectivity index (χ3n) is 3.94. The van der Waals surface area contributed by atoms with Gasteiger partial charge in [-0.3, -0.25) is 0 Å². The molecule has 0 radical (unpaired) electrons. The van der Waals surface area contributed by atoms with Gasteiger partial charge < -0.3 is 0 Å². The summed E-state index contributed by atoms with van der Waals surface area (Å²) in [4.78, 5) is 19.2. The molecule has 1 rings (SSSR count). The normalized spacial score (nSPS) is 33.1. The summed E-state index contributed by atoms with van der Waals surface area (Å²) in [5, 5.41) is 0. The molecule has 0 aromatic heterocycles. The van der Waals surface area contributed by atoms with E-state index in [0.717, 1.165) is 12.8 Å². The number of Topliss-reactive ketones (excluding diaryl/α,β-unsaturated/α-hetero) is 1. The molecular weight excluding hydrogens is 279 g/mol. The van der Waals surface area contributed by atoms with Gasteiger partial charge in [0.15, 0.2) is 0 Å². The molecule has 1 nitrogen and oxygen atoms in total. The molecule has 14 heavy (non-hydrogen) atoms. The Labute approximate surface area is 92.5 Å². The Morgan fingerprint density at radius 3 is 1.93 bits per heavy atom. The predicted molar refractivity (Wildman–Crippen MR) is 64.4 cm³/mol. The van der Waals surface area contributed by atoms with Crippen LogP contribution in [0.1, 0.15) is 40.0 Å². The van der Waals surface area contributed by atoms with Gasteiger partial charge in [-0.2, -0.15) is 0 Å². The first-order chi connectivity index (χ1) is 6.06. The van der Waals surface area contributed by atoms with Crippen LogP contribution in [0.25, 0.3) is 0 Å². The van der Waals surface area contributed by atoms with E-state index in [0.29, 0.717) is 9.21 Å². The second-order valence-electron chi connectivity index (χ2n) is 7.04. The van der Waals surface area contributed by atoms with E-state index in [-0.39, 0.29) is 5.41 Å². The molecule has 0 amide bonds. The molecular formula is C12H24OSn. The van der Waals surface area contributed by atoms with Crippen molar-refractivity contribution in [3.05, 3.63) is 0 Å². The average Bonchev–Trinajstić information content (AvgIpc) is 1.76. The summed E-state index contributed by atoms with van der Waals surface area (Å²) < 4.78 is 0.382. The van der Waals surface area contributed by atoms with Crippen molar-refractivity contribution in [2.24, 2.45) is 5.41 Å². The molecule has 0 aromatic rings. The zero-order chi connectivity index (χ0) is 11.2. The van der Waals surface area contributed by atoms with Gasteiger partial charge >= 0.3 is 92.7 Å². The van der Waals surface area contributed by atoms with Crippen LogP contribution in [0.5, 0.6) is 0 Å². The fourth-order valence-electron chi connectivity index (χ4n) is 2.74. The monoisotopic (exact) mass is 304 g/mol. The molecule has 0 N–H and O–H groups in total. The van der Waals surface area contributed by atoms with Crippen molar-refractivity contribution in [3.63, 3.8) is 0 Å². The summed E-state index contributed by atoms with van der Waals surface area (Å²) in [5.74, 6) is 0.496. The molecule has 0 saturated heterocycles. The summed E-state index contributed by atoms with van der Waals surface area (Å²) in [5.41, 5.74) is 0.244. The van der Waals surface area contributed by atoms with Crippen LogP contribution in [-0.4, -0.2) is 24.2 Å². The van der Waals surface area contributed by atoms with Crippen LogP contribution in [0, 0.1) is 5.41 Å². The average molecular weight is 303 g/mol. The third kappa shape index (κ3) is 2.53. The fraction of sp³-hybridized carbons (Fsp3) is 0.917. The molecule has 0 bridgehead atoms. The maximum atomic E-state index is 11.8. The van der Waals surface area contributed by atoms with E-state index in [1.807, 2.05) is 0 Å². The zero-order valence-electron chi connectivity index (χ0n) is 10.5. The number of hydrogen-bond donors (Lipinski definition) is 0. The van der Waals surface area contributed by atoms with Gasteiger partial charge in [0.1, 0.15) is 0 Å². The standard InChI is InChI=1S/C9H15O.3CH3.Sn/c1-7-4-8(10)6-9(2,3)5-7;;;;/h4-6H2,1-3H3;3*1H3;. The Balaban J connectivity index is 2.96. The molecule has 1 saturated carbocycles. The van der Waals surface area contributed by atoms with E-state index < -0.39 is 18.4 Å². The first-order valence-electron chi connectivity index (χ1n) is 5.58. The second-order valence-corrected chi connectivity index (χ2v) is 23.3. The maximum absolute atomic E-state index is 11.8. The Morgan fingerprint density at radius 1 is 1.07 bits per heavy atom. The Bertz CT molecular complexity index is 250. The van der Waals surface area contributed by atoms with Crippen LogP contribution in [0.3, 0.4) is 0 Å². The molecule has 1 aliphatic carbocycles. The number of hydrogen-bond acceptors (Lipinski definition) is 1. The first kappa shape index (κ1) is 12.5. The van der Waals surface area contributed by atoms with Crippen molar-refractivity contribution >= 4 is 24.2 Å². The molecule has 0 aliphatic heterocycles. The van der Waals surface area contributed by atoms with Crippen LogP contribution in [-0.2, 0) is 4.79 Å². The molecule has 0 heterocycles. The Hall–Kier alpha value is 0.469. The van der Waals surface area contributed by atoms with Gasteiger partial charge in [0, 0.05) is 0 Å². The number of carbonyl (C=O) groups excluding carboxylic acids is 1. The van der Waals surface area contributed by atoms with Crippen molar-refractivity contribution < 1.29 is 4.79 Å². The van der Waals surface area contributed by atoms with Crippen LogP contribution >= 0.6 is 0 Å². The molecule has 0 spiro atoms. The van der Waals surface area contributed by atoms with Crippen molar-refractivity contribution in [2.75, 3.05) is 0 Å². The van der Waals surface area contributed by atoms with Crippen molar-refractivity contribution in [1.82, 2.24) is 0 Å². The van der Waals surface area contributed by atoms with Crippen molar-refractivity contribution in [1.29, 1.82) is 0 Å². The van der Waals surface area contributed by atoms with Crippen LogP contribution < -0.4 is 0 Å². The molecule has 1 atom stereocenters. The van der Waals surface area contributed by atoms with E-state index in [1.54, 1.807) is 0 Å². The number of carbonyl (C=O) groups is 1. The SMILES string of the molecule is CC1(C)CC(=O)C[C](C)([Sn]([CH3])([CH3])[CH3])C1. The Morgan fingerprint density at radius 2 is 1.57 bits per heavy atom. The first-order valence-corrected chi connectivity index (χ1v) is 15.6. The molecule has 2 heteroatoms. The molecule has 1 fully saturated rings. The quantitative estimate of drug-likeness (QED) is 0.672. The summed E-state index contributed by atoms with van der Waals surface area (Å²) >= 11 is -1.98. The predicted octanol–water partition coefficient (Wildman–Crippen LogP) is 3.86. The van der Waals surface area contributed by atoms with Crippen LogP contribution in [0.2, 0.25) is 18.2 Å². The summed E-state index contributed by atoms with van der Waals surface area (Å²) in [7, 11) is 0. The number of ketones is 1. The van der Waals surface area contributed by atoms with Gasteiger partial charge in [-0.25, -0.2) is 0 Å². The van der Waals surface area contributed by atoms with Gasteiger partial charge in [-0.15, -0.1) is 0 Å². The molecule has 1 unspecified atom stereocenters. The van der Waals surface area contributed by atoms with E-state index >= 15 is 0 Å². The topological polar surface area (TPSA) is 17.1 Å². The fourth-order valence-corrected chi connectivity index (χ4v) is 7.70. The minimum absolute atomic E-state index is 0.244. The number of rotatable bonds is 1. The van der Waals surface area contributed by atoms with Crippen LogP contribution in [0.15, 0.2) is 0 Å². The molecule has 0 aromatic carbocycles. The van der Waals surface area contributed by atoms with E-state index in [9.17, 15) is 4.79 Å². The van der Waals surface area contributed by atoms with Crippen molar-refractivity contribution in [3.8, 4) is 0 Å². The summed E-state index contributed by atoms with van der Waals surface area (Å²) in [6.07, 6.45) is 2.91. The van der Waals surface area contributed by atoms with Gasteiger partial charge in [-0.1, -0.05) is 0 Å². The minimum atomic E-state index is -1.98. The second kappa shape index (κ2) is 3.50. The van der Waals surface area contributed by atoms with Gasteiger partial charge in [-0.05, 0) is 0 Å². The van der Waals surface area contributed by atoms with E-state index in [2.05, 4.69) is 35.6 Å². The van der Waals surface area contributed by atoms with Gasteiger partial charge in [0.05, 0.1) is 0 Å². The molecule has 1 aliphatic rings. The van der Waals surface area contributed by atoms with Crippen LogP contribution in [0.4, 0.5) is 0 Å². The third-order valence-corrected chi connectivity index (χ3v) is 15.3. The summed E-state index contributed by atoms with van der Waals surface area (Å²) in [6, 6.07) is 0. The van der Waals surface area contributed by atoms with E-state index in [1.165, 1.54) is 6.42 Å².